The van der Waals surface area contributed by atoms with Crippen LogP contribution in [0.1, 0.15) is 36.5 Å². The van der Waals surface area contributed by atoms with Gasteiger partial charge in [-0.25, -0.2) is 0 Å². The standard InChI is InChI=1S/C22H22O2/c1-3-4-11-24-17-8-10-19-16(13-17)7-6-15-12-14(2)5-9-18(15)20-21(19)22(20)23/h5,8-10,12-13H,3-4,6-7,11H2,1-2H3. The average molecular weight is 318 g/mol. The zero-order valence-electron chi connectivity index (χ0n) is 14.3. The summed E-state index contributed by atoms with van der Waals surface area (Å²) < 4.78 is 5.85. The number of hydrogen-bond donors (Lipinski definition) is 0. The number of benzene rings is 2. The van der Waals surface area contributed by atoms with Crippen LogP contribution in [-0.2, 0) is 12.8 Å². The van der Waals surface area contributed by atoms with E-state index < -0.39 is 0 Å². The van der Waals surface area contributed by atoms with Crippen LogP contribution in [0.5, 0.6) is 5.75 Å². The van der Waals surface area contributed by atoms with Crippen molar-refractivity contribution >= 4 is 0 Å². The maximum absolute atomic E-state index is 12.4. The van der Waals surface area contributed by atoms with Gasteiger partial charge in [0.25, 0.3) is 0 Å². The first-order chi connectivity index (χ1) is 11.7. The van der Waals surface area contributed by atoms with Crippen molar-refractivity contribution in [1.82, 2.24) is 0 Å². The second-order valence-corrected chi connectivity index (χ2v) is 6.76. The molecule has 0 bridgehead atoms. The van der Waals surface area contributed by atoms with Gasteiger partial charge in [0.2, 0.25) is 0 Å². The zero-order chi connectivity index (χ0) is 16.7. The third-order valence-corrected chi connectivity index (χ3v) is 4.95. The minimum Gasteiger partial charge on any atom is -0.494 e. The SMILES string of the molecule is CCCCOc1ccc2c(c1)CCc1cc(C)ccc1-c1c-2c1=O. The van der Waals surface area contributed by atoms with Crippen molar-refractivity contribution in [3.8, 4) is 28.0 Å². The Kier molecular flexibility index (Phi) is 3.76. The fourth-order valence-corrected chi connectivity index (χ4v) is 3.57. The third kappa shape index (κ3) is 2.56. The number of ether oxygens (including phenoxy) is 1. The second-order valence-electron chi connectivity index (χ2n) is 6.76. The Morgan fingerprint density at radius 2 is 1.62 bits per heavy atom. The second kappa shape index (κ2) is 5.94. The Hall–Kier alpha value is -2.35. The first-order valence-electron chi connectivity index (χ1n) is 8.84. The Morgan fingerprint density at radius 3 is 2.33 bits per heavy atom. The van der Waals surface area contributed by atoms with Crippen LogP contribution in [-0.4, -0.2) is 6.61 Å². The minimum absolute atomic E-state index is 0.211. The Bertz CT molecular complexity index is 910. The lowest BCUT2D eigenvalue weighted by Gasteiger charge is -2.15. The summed E-state index contributed by atoms with van der Waals surface area (Å²) in [5.41, 5.74) is 8.05. The molecule has 0 radical (unpaired) electrons. The zero-order valence-corrected chi connectivity index (χ0v) is 14.3. The van der Waals surface area contributed by atoms with E-state index in [2.05, 4.69) is 44.2 Å². The molecule has 1 aliphatic rings. The van der Waals surface area contributed by atoms with Gasteiger partial charge < -0.3 is 4.74 Å². The van der Waals surface area contributed by atoms with Gasteiger partial charge in [0.15, 0.2) is 5.43 Å². The van der Waals surface area contributed by atoms with Gasteiger partial charge >= 0.3 is 0 Å². The van der Waals surface area contributed by atoms with E-state index in [-0.39, 0.29) is 5.43 Å². The van der Waals surface area contributed by atoms with Crippen LogP contribution < -0.4 is 10.2 Å². The van der Waals surface area contributed by atoms with Crippen LogP contribution in [0.3, 0.4) is 0 Å². The number of hydrogen-bond acceptors (Lipinski definition) is 2. The van der Waals surface area contributed by atoms with Gasteiger partial charge in [-0.05, 0) is 60.6 Å². The highest BCUT2D eigenvalue weighted by molar-refractivity contribution is 5.96. The Labute approximate surface area is 142 Å². The molecular weight excluding hydrogens is 296 g/mol. The molecule has 0 unspecified atom stereocenters. The van der Waals surface area contributed by atoms with Crippen molar-refractivity contribution in [3.05, 3.63) is 63.3 Å². The smallest absolute Gasteiger partial charge is 0.195 e. The summed E-state index contributed by atoms with van der Waals surface area (Å²) in [6.45, 7) is 5.02. The molecule has 0 amide bonds. The highest BCUT2D eigenvalue weighted by atomic mass is 16.5. The largest absolute Gasteiger partial charge is 0.494 e. The topological polar surface area (TPSA) is 26.3 Å². The van der Waals surface area contributed by atoms with Crippen molar-refractivity contribution in [2.75, 3.05) is 6.61 Å². The van der Waals surface area contributed by atoms with Gasteiger partial charge in [0.05, 0.1) is 6.61 Å². The van der Waals surface area contributed by atoms with Crippen molar-refractivity contribution in [3.63, 3.8) is 0 Å². The summed E-state index contributed by atoms with van der Waals surface area (Å²) in [6.07, 6.45) is 4.11. The van der Waals surface area contributed by atoms with Crippen molar-refractivity contribution in [2.24, 2.45) is 0 Å². The van der Waals surface area contributed by atoms with Crippen LogP contribution in [0.25, 0.3) is 22.3 Å². The molecule has 0 heterocycles. The summed E-state index contributed by atoms with van der Waals surface area (Å²) in [5.74, 6) is 0.919. The van der Waals surface area contributed by atoms with Crippen LogP contribution in [0.4, 0.5) is 0 Å². The third-order valence-electron chi connectivity index (χ3n) is 4.95. The molecule has 2 nitrogen and oxygen atoms in total. The van der Waals surface area contributed by atoms with Gasteiger partial charge in [-0.15, -0.1) is 0 Å². The van der Waals surface area contributed by atoms with E-state index in [4.69, 9.17) is 4.74 Å². The number of fused-ring (bicyclic) bond motifs is 5. The molecule has 0 aliphatic heterocycles. The van der Waals surface area contributed by atoms with Gasteiger partial charge in [-0.3, -0.25) is 4.79 Å². The molecule has 24 heavy (non-hydrogen) atoms. The summed E-state index contributed by atoms with van der Waals surface area (Å²) >= 11 is 0. The molecule has 0 spiro atoms. The average Bonchev–Trinajstić information content (AvgIpc) is 3.22. The van der Waals surface area contributed by atoms with Crippen LogP contribution in [0.15, 0.2) is 41.2 Å². The first-order valence-corrected chi connectivity index (χ1v) is 8.84. The summed E-state index contributed by atoms with van der Waals surface area (Å²) in [5, 5.41) is 0. The lowest BCUT2D eigenvalue weighted by atomic mass is 9.91. The van der Waals surface area contributed by atoms with Gasteiger partial charge in [-0.2, -0.15) is 0 Å². The highest BCUT2D eigenvalue weighted by Gasteiger charge is 2.30. The van der Waals surface area contributed by atoms with Gasteiger partial charge in [0.1, 0.15) is 5.75 Å². The Morgan fingerprint density at radius 1 is 0.958 bits per heavy atom. The molecule has 122 valence electrons. The van der Waals surface area contributed by atoms with E-state index in [0.717, 1.165) is 60.3 Å². The molecule has 0 aromatic heterocycles. The van der Waals surface area contributed by atoms with Gasteiger partial charge in [-0.1, -0.05) is 43.2 Å². The highest BCUT2D eigenvalue weighted by Crippen LogP contribution is 2.41. The van der Waals surface area contributed by atoms with Gasteiger partial charge in [0, 0.05) is 11.1 Å². The quantitative estimate of drug-likeness (QED) is 0.643. The molecule has 0 saturated heterocycles. The van der Waals surface area contributed by atoms with E-state index in [0.29, 0.717) is 0 Å². The van der Waals surface area contributed by atoms with Crippen molar-refractivity contribution in [2.45, 2.75) is 39.5 Å². The molecule has 3 aromatic rings. The monoisotopic (exact) mass is 318 g/mol. The molecular formula is C22H22O2. The molecule has 0 atom stereocenters. The molecule has 4 rings (SSSR count). The summed E-state index contributed by atoms with van der Waals surface area (Å²) in [6, 6.07) is 12.6. The predicted octanol–water partition coefficient (Wildman–Crippen LogP) is 4.84. The first kappa shape index (κ1) is 15.2. The van der Waals surface area contributed by atoms with Crippen LogP contribution >= 0.6 is 0 Å². The van der Waals surface area contributed by atoms with E-state index in [1.807, 2.05) is 6.07 Å². The fourth-order valence-electron chi connectivity index (χ4n) is 3.57. The number of aryl methyl sites for hydroxylation is 3. The minimum atomic E-state index is 0.211. The lowest BCUT2D eigenvalue weighted by Crippen LogP contribution is -2.01. The fraction of sp³-hybridized carbons (Fsp3) is 0.318. The molecule has 2 heteroatoms. The van der Waals surface area contributed by atoms with Crippen molar-refractivity contribution < 1.29 is 4.74 Å². The maximum atomic E-state index is 12.4. The van der Waals surface area contributed by atoms with Crippen LogP contribution in [0, 0.1) is 6.92 Å². The van der Waals surface area contributed by atoms with E-state index in [1.165, 1.54) is 16.7 Å². The van der Waals surface area contributed by atoms with Crippen LogP contribution in [0.2, 0.25) is 0 Å². The molecule has 0 N–H and O–H groups in total. The molecule has 0 fully saturated rings. The summed E-state index contributed by atoms with van der Waals surface area (Å²) in [4.78, 5) is 12.4. The summed E-state index contributed by atoms with van der Waals surface area (Å²) in [7, 11) is 0. The van der Waals surface area contributed by atoms with E-state index in [9.17, 15) is 4.79 Å². The molecule has 1 aliphatic carbocycles. The van der Waals surface area contributed by atoms with E-state index >= 15 is 0 Å². The predicted molar refractivity (Wildman–Crippen MR) is 98.5 cm³/mol. The van der Waals surface area contributed by atoms with E-state index in [1.54, 1.807) is 0 Å². The van der Waals surface area contributed by atoms with Crippen molar-refractivity contribution in [1.29, 1.82) is 0 Å². The number of rotatable bonds is 4. The maximum Gasteiger partial charge on any atom is 0.195 e. The lowest BCUT2D eigenvalue weighted by molar-refractivity contribution is 0.309. The normalized spacial score (nSPS) is 12.9. The molecule has 0 saturated carbocycles. The number of unbranched alkanes of at least 4 members (excludes halogenated alkanes) is 1. The Balaban J connectivity index is 1.73. The molecule has 3 aromatic carbocycles.